The van der Waals surface area contributed by atoms with Crippen LogP contribution in [-0.4, -0.2) is 9.97 Å². The molecule has 0 unspecified atom stereocenters. The van der Waals surface area contributed by atoms with Gasteiger partial charge in [0, 0.05) is 5.69 Å². The summed E-state index contributed by atoms with van der Waals surface area (Å²) in [5.41, 5.74) is 4.73. The summed E-state index contributed by atoms with van der Waals surface area (Å²) in [5.74, 6) is 0.872. The molecule has 1 fully saturated rings. The van der Waals surface area contributed by atoms with E-state index in [-0.39, 0.29) is 0 Å². The first-order chi connectivity index (χ1) is 7.72. The first kappa shape index (κ1) is 11.3. The fourth-order valence-electron chi connectivity index (χ4n) is 2.12. The van der Waals surface area contributed by atoms with Crippen molar-refractivity contribution in [3.8, 4) is 0 Å². The Bertz CT molecular complexity index is 392. The van der Waals surface area contributed by atoms with Gasteiger partial charge in [-0.1, -0.05) is 19.9 Å². The van der Waals surface area contributed by atoms with Gasteiger partial charge in [0.2, 0.25) is 0 Å². The van der Waals surface area contributed by atoms with Crippen LogP contribution in [0.4, 0.5) is 0 Å². The van der Waals surface area contributed by atoms with Gasteiger partial charge in [-0.15, -0.1) is 0 Å². The van der Waals surface area contributed by atoms with Crippen LogP contribution in [0.2, 0.25) is 0 Å². The van der Waals surface area contributed by atoms with E-state index >= 15 is 0 Å². The van der Waals surface area contributed by atoms with Crippen molar-refractivity contribution < 1.29 is 0 Å². The van der Waals surface area contributed by atoms with Gasteiger partial charge in [0.15, 0.2) is 0 Å². The molecule has 0 saturated heterocycles. The van der Waals surface area contributed by atoms with Crippen LogP contribution in [0.1, 0.15) is 49.6 Å². The van der Waals surface area contributed by atoms with E-state index in [2.05, 4.69) is 30.4 Å². The number of hydrogen-bond acceptors (Lipinski definition) is 2. The second-order valence-corrected chi connectivity index (χ2v) is 4.79. The lowest BCUT2D eigenvalue weighted by molar-refractivity contribution is 0.845. The molecule has 1 aliphatic carbocycles. The molecule has 0 aromatic carbocycles. The molecule has 1 heterocycles. The van der Waals surface area contributed by atoms with Gasteiger partial charge in [0.05, 0.1) is 5.69 Å². The normalized spacial score (nSPS) is 15.1. The van der Waals surface area contributed by atoms with Gasteiger partial charge in [0.25, 0.3) is 0 Å². The van der Waals surface area contributed by atoms with Crippen LogP contribution in [0.15, 0.2) is 12.9 Å². The van der Waals surface area contributed by atoms with E-state index in [1.807, 2.05) is 0 Å². The molecule has 1 aliphatic rings. The van der Waals surface area contributed by atoms with Gasteiger partial charge in [0.1, 0.15) is 6.33 Å². The fraction of sp³-hybridized carbons (Fsp3) is 0.571. The summed E-state index contributed by atoms with van der Waals surface area (Å²) in [6.45, 7) is 8.46. The van der Waals surface area contributed by atoms with Gasteiger partial charge < -0.3 is 0 Å². The third-order valence-electron chi connectivity index (χ3n) is 3.23. The summed E-state index contributed by atoms with van der Waals surface area (Å²) in [5, 5.41) is 0. The van der Waals surface area contributed by atoms with Crippen molar-refractivity contribution in [2.75, 3.05) is 0 Å². The molecule has 0 bridgehead atoms. The Morgan fingerprint density at radius 3 is 2.81 bits per heavy atom. The highest BCUT2D eigenvalue weighted by Gasteiger charge is 2.23. The Morgan fingerprint density at radius 1 is 1.44 bits per heavy atom. The number of aryl methyl sites for hydroxylation is 1. The smallest absolute Gasteiger partial charge is 0.116 e. The highest BCUT2D eigenvalue weighted by atomic mass is 14.8. The second kappa shape index (κ2) is 4.77. The average molecular weight is 216 g/mol. The number of hydrogen-bond donors (Lipinski definition) is 0. The van der Waals surface area contributed by atoms with Gasteiger partial charge >= 0.3 is 0 Å². The van der Waals surface area contributed by atoms with Crippen LogP contribution in [0.3, 0.4) is 0 Å². The lowest BCUT2D eigenvalue weighted by Crippen LogP contribution is -2.02. The van der Waals surface area contributed by atoms with Gasteiger partial charge in [-0.05, 0) is 49.7 Å². The summed E-state index contributed by atoms with van der Waals surface area (Å²) >= 11 is 0. The molecule has 0 radical (unpaired) electrons. The van der Waals surface area contributed by atoms with Crippen molar-refractivity contribution in [1.82, 2.24) is 9.97 Å². The quantitative estimate of drug-likeness (QED) is 0.752. The molecular formula is C14H20N2. The molecule has 0 spiro atoms. The number of allylic oxidation sites excluding steroid dienone is 1. The number of nitrogens with zero attached hydrogens (tertiary/aromatic N) is 2. The second-order valence-electron chi connectivity index (χ2n) is 4.79. The van der Waals surface area contributed by atoms with E-state index in [0.717, 1.165) is 36.6 Å². The topological polar surface area (TPSA) is 25.8 Å². The van der Waals surface area contributed by atoms with E-state index in [0.29, 0.717) is 0 Å². The monoisotopic (exact) mass is 216 g/mol. The third kappa shape index (κ3) is 2.49. The molecule has 0 amide bonds. The van der Waals surface area contributed by atoms with E-state index < -0.39 is 0 Å². The van der Waals surface area contributed by atoms with Crippen molar-refractivity contribution in [2.45, 2.75) is 46.0 Å². The van der Waals surface area contributed by atoms with Crippen LogP contribution in [0.25, 0.3) is 5.57 Å². The minimum Gasteiger partial charge on any atom is -0.241 e. The summed E-state index contributed by atoms with van der Waals surface area (Å²) in [6, 6.07) is 0. The summed E-state index contributed by atoms with van der Waals surface area (Å²) in [7, 11) is 0. The maximum absolute atomic E-state index is 4.43. The average Bonchev–Trinajstić information content (AvgIpc) is 3.05. The van der Waals surface area contributed by atoms with Crippen LogP contribution >= 0.6 is 0 Å². The lowest BCUT2D eigenvalue weighted by Gasteiger charge is -2.11. The molecule has 86 valence electrons. The first-order valence-electron chi connectivity index (χ1n) is 6.21. The van der Waals surface area contributed by atoms with Crippen LogP contribution in [0.5, 0.6) is 0 Å². The zero-order valence-corrected chi connectivity index (χ0v) is 10.3. The molecule has 0 N–H and O–H groups in total. The molecule has 0 aliphatic heterocycles. The summed E-state index contributed by atoms with van der Waals surface area (Å²) in [6.07, 6.45) is 7.72. The fourth-order valence-corrected chi connectivity index (χ4v) is 2.12. The Labute approximate surface area is 97.8 Å². The molecule has 2 heteroatoms. The van der Waals surface area contributed by atoms with Gasteiger partial charge in [-0.25, -0.2) is 9.97 Å². The zero-order chi connectivity index (χ0) is 11.5. The SMILES string of the molecule is C=C(CC1CC1)c1ncnc(C)c1CCC. The van der Waals surface area contributed by atoms with E-state index in [1.54, 1.807) is 6.33 Å². The molecule has 1 saturated carbocycles. The Balaban J connectivity index is 2.23. The van der Waals surface area contributed by atoms with Gasteiger partial charge in [-0.2, -0.15) is 0 Å². The van der Waals surface area contributed by atoms with Crippen molar-refractivity contribution in [3.05, 3.63) is 29.9 Å². The zero-order valence-electron chi connectivity index (χ0n) is 10.3. The highest BCUT2D eigenvalue weighted by molar-refractivity contribution is 5.63. The largest absolute Gasteiger partial charge is 0.241 e. The first-order valence-corrected chi connectivity index (χ1v) is 6.21. The van der Waals surface area contributed by atoms with Crippen molar-refractivity contribution in [1.29, 1.82) is 0 Å². The number of aromatic nitrogens is 2. The van der Waals surface area contributed by atoms with Gasteiger partial charge in [-0.3, -0.25) is 0 Å². The summed E-state index contributed by atoms with van der Waals surface area (Å²) in [4.78, 5) is 8.71. The Morgan fingerprint density at radius 2 is 2.19 bits per heavy atom. The summed E-state index contributed by atoms with van der Waals surface area (Å²) < 4.78 is 0. The van der Waals surface area contributed by atoms with E-state index in [9.17, 15) is 0 Å². The molecule has 1 aromatic rings. The predicted molar refractivity (Wildman–Crippen MR) is 67.1 cm³/mol. The molecule has 1 aromatic heterocycles. The number of rotatable bonds is 5. The standard InChI is InChI=1S/C14H20N2/c1-4-5-13-11(3)15-9-16-14(13)10(2)8-12-6-7-12/h9,12H,2,4-8H2,1,3H3. The van der Waals surface area contributed by atoms with Crippen LogP contribution in [-0.2, 0) is 6.42 Å². The Kier molecular flexibility index (Phi) is 3.37. The predicted octanol–water partition coefficient (Wildman–Crippen LogP) is 3.55. The minimum atomic E-state index is 0.872. The minimum absolute atomic E-state index is 0.872. The van der Waals surface area contributed by atoms with Crippen LogP contribution in [0, 0.1) is 12.8 Å². The molecular weight excluding hydrogens is 196 g/mol. The maximum Gasteiger partial charge on any atom is 0.116 e. The van der Waals surface area contributed by atoms with Crippen molar-refractivity contribution >= 4 is 5.57 Å². The van der Waals surface area contributed by atoms with Crippen molar-refractivity contribution in [3.63, 3.8) is 0 Å². The Hall–Kier alpha value is -1.18. The highest BCUT2D eigenvalue weighted by Crippen LogP contribution is 2.37. The van der Waals surface area contributed by atoms with Crippen molar-refractivity contribution in [2.24, 2.45) is 5.92 Å². The van der Waals surface area contributed by atoms with E-state index in [1.165, 1.54) is 24.0 Å². The maximum atomic E-state index is 4.43. The lowest BCUT2D eigenvalue weighted by atomic mass is 9.99. The molecule has 0 atom stereocenters. The van der Waals surface area contributed by atoms with Crippen LogP contribution < -0.4 is 0 Å². The molecule has 16 heavy (non-hydrogen) atoms. The molecule has 2 nitrogen and oxygen atoms in total. The third-order valence-corrected chi connectivity index (χ3v) is 3.23. The molecule has 2 rings (SSSR count). The van der Waals surface area contributed by atoms with E-state index in [4.69, 9.17) is 0 Å².